The molecule has 0 aromatic heterocycles. The van der Waals surface area contributed by atoms with Crippen LogP contribution in [0, 0.1) is 6.92 Å². The van der Waals surface area contributed by atoms with Gasteiger partial charge < -0.3 is 11.1 Å². The maximum atomic E-state index is 12.4. The number of para-hydroxylation sites is 1. The summed E-state index contributed by atoms with van der Waals surface area (Å²) in [5, 5.41) is 3.02. The van der Waals surface area contributed by atoms with Crippen molar-refractivity contribution in [1.29, 1.82) is 0 Å². The standard InChI is InChI=1S/C17H19BrN2O/c1-10(2)13-6-4-5-11(3)16(13)20-17(21)12-7-8-15(19)14(18)9-12/h4-10H,19H2,1-3H3,(H,20,21). The number of hydrogen-bond acceptors (Lipinski definition) is 2. The fraction of sp³-hybridized carbons (Fsp3) is 0.235. The van der Waals surface area contributed by atoms with Crippen LogP contribution in [0.25, 0.3) is 0 Å². The van der Waals surface area contributed by atoms with Crippen molar-refractivity contribution < 1.29 is 4.79 Å². The van der Waals surface area contributed by atoms with Crippen LogP contribution in [0.15, 0.2) is 40.9 Å². The molecule has 0 aliphatic heterocycles. The Balaban J connectivity index is 2.33. The van der Waals surface area contributed by atoms with Crippen LogP contribution in [-0.4, -0.2) is 5.91 Å². The van der Waals surface area contributed by atoms with Crippen molar-refractivity contribution in [1.82, 2.24) is 0 Å². The zero-order valence-electron chi connectivity index (χ0n) is 12.4. The van der Waals surface area contributed by atoms with Gasteiger partial charge in [0, 0.05) is 21.4 Å². The maximum absolute atomic E-state index is 12.4. The quantitative estimate of drug-likeness (QED) is 0.790. The van der Waals surface area contributed by atoms with Crippen LogP contribution in [0.2, 0.25) is 0 Å². The third-order valence-corrected chi connectivity index (χ3v) is 4.11. The summed E-state index contributed by atoms with van der Waals surface area (Å²) in [6.45, 7) is 6.23. The van der Waals surface area contributed by atoms with E-state index in [0.717, 1.165) is 21.3 Å². The van der Waals surface area contributed by atoms with Crippen molar-refractivity contribution in [2.45, 2.75) is 26.7 Å². The molecule has 0 spiro atoms. The molecule has 1 amide bonds. The van der Waals surface area contributed by atoms with Gasteiger partial charge in [-0.1, -0.05) is 32.0 Å². The van der Waals surface area contributed by atoms with Crippen molar-refractivity contribution in [3.8, 4) is 0 Å². The van der Waals surface area contributed by atoms with Crippen molar-refractivity contribution in [3.05, 3.63) is 57.6 Å². The first-order valence-electron chi connectivity index (χ1n) is 6.86. The predicted octanol–water partition coefficient (Wildman–Crippen LogP) is 4.72. The first-order valence-corrected chi connectivity index (χ1v) is 7.65. The molecule has 3 nitrogen and oxygen atoms in total. The predicted molar refractivity (Wildman–Crippen MR) is 91.8 cm³/mol. The van der Waals surface area contributed by atoms with E-state index in [4.69, 9.17) is 5.73 Å². The molecular formula is C17H19BrN2O. The van der Waals surface area contributed by atoms with Crippen LogP contribution >= 0.6 is 15.9 Å². The van der Waals surface area contributed by atoms with Gasteiger partial charge >= 0.3 is 0 Å². The lowest BCUT2D eigenvalue weighted by Crippen LogP contribution is -2.15. The smallest absolute Gasteiger partial charge is 0.255 e. The average Bonchev–Trinajstić information content (AvgIpc) is 2.43. The number of carbonyl (C=O) groups is 1. The Morgan fingerprint density at radius 1 is 1.24 bits per heavy atom. The van der Waals surface area contributed by atoms with Crippen molar-refractivity contribution >= 4 is 33.2 Å². The summed E-state index contributed by atoms with van der Waals surface area (Å²) in [5.74, 6) is 0.213. The maximum Gasteiger partial charge on any atom is 0.255 e. The summed E-state index contributed by atoms with van der Waals surface area (Å²) < 4.78 is 0.726. The summed E-state index contributed by atoms with van der Waals surface area (Å²) in [6, 6.07) is 11.2. The molecule has 0 fully saturated rings. The largest absolute Gasteiger partial charge is 0.398 e. The van der Waals surface area contributed by atoms with E-state index in [-0.39, 0.29) is 5.91 Å². The van der Waals surface area contributed by atoms with Gasteiger partial charge in [0.2, 0.25) is 0 Å². The highest BCUT2D eigenvalue weighted by molar-refractivity contribution is 9.10. The van der Waals surface area contributed by atoms with Gasteiger partial charge in [-0.25, -0.2) is 0 Å². The molecule has 2 rings (SSSR count). The Labute approximate surface area is 133 Å². The zero-order valence-corrected chi connectivity index (χ0v) is 14.0. The number of nitrogen functional groups attached to an aromatic ring is 1. The first-order chi connectivity index (χ1) is 9.90. The second-order valence-electron chi connectivity index (χ2n) is 5.38. The van der Waals surface area contributed by atoms with Gasteiger partial charge in [0.25, 0.3) is 5.91 Å². The van der Waals surface area contributed by atoms with Crippen molar-refractivity contribution in [2.24, 2.45) is 0 Å². The number of benzene rings is 2. The number of anilines is 2. The summed E-state index contributed by atoms with van der Waals surface area (Å²) >= 11 is 3.35. The number of nitrogens with two attached hydrogens (primary N) is 1. The molecule has 0 aliphatic rings. The molecule has 0 radical (unpaired) electrons. The summed E-state index contributed by atoms with van der Waals surface area (Å²) in [7, 11) is 0. The van der Waals surface area contributed by atoms with E-state index in [1.54, 1.807) is 18.2 Å². The summed E-state index contributed by atoms with van der Waals surface area (Å²) in [5.41, 5.74) is 10.0. The second kappa shape index (κ2) is 6.31. The minimum atomic E-state index is -0.132. The highest BCUT2D eigenvalue weighted by Crippen LogP contribution is 2.28. The fourth-order valence-corrected chi connectivity index (χ4v) is 2.58. The minimum absolute atomic E-state index is 0.132. The Kier molecular flexibility index (Phi) is 4.68. The van der Waals surface area contributed by atoms with Crippen molar-refractivity contribution in [3.63, 3.8) is 0 Å². The van der Waals surface area contributed by atoms with Gasteiger partial charge in [0.1, 0.15) is 0 Å². The van der Waals surface area contributed by atoms with E-state index in [1.165, 1.54) is 0 Å². The highest BCUT2D eigenvalue weighted by Gasteiger charge is 2.13. The first kappa shape index (κ1) is 15.6. The fourth-order valence-electron chi connectivity index (χ4n) is 2.20. The molecule has 2 aromatic carbocycles. The number of nitrogens with one attached hydrogen (secondary N) is 1. The molecule has 110 valence electrons. The monoisotopic (exact) mass is 346 g/mol. The molecule has 0 heterocycles. The van der Waals surface area contributed by atoms with E-state index < -0.39 is 0 Å². The third-order valence-electron chi connectivity index (χ3n) is 3.43. The van der Waals surface area contributed by atoms with Gasteiger partial charge in [-0.3, -0.25) is 4.79 Å². The Hall–Kier alpha value is -1.81. The molecule has 0 saturated heterocycles. The number of halogens is 1. The molecule has 4 heteroatoms. The summed E-state index contributed by atoms with van der Waals surface area (Å²) in [6.07, 6.45) is 0. The minimum Gasteiger partial charge on any atom is -0.398 e. The summed E-state index contributed by atoms with van der Waals surface area (Å²) in [4.78, 5) is 12.4. The normalized spacial score (nSPS) is 10.7. The van der Waals surface area contributed by atoms with E-state index in [1.807, 2.05) is 25.1 Å². The van der Waals surface area contributed by atoms with Crippen LogP contribution in [0.5, 0.6) is 0 Å². The van der Waals surface area contributed by atoms with Crippen LogP contribution < -0.4 is 11.1 Å². The van der Waals surface area contributed by atoms with Crippen LogP contribution in [-0.2, 0) is 0 Å². The molecular weight excluding hydrogens is 328 g/mol. The van der Waals surface area contributed by atoms with Gasteiger partial charge in [-0.2, -0.15) is 0 Å². The van der Waals surface area contributed by atoms with Gasteiger partial charge in [0.15, 0.2) is 0 Å². The van der Waals surface area contributed by atoms with E-state index >= 15 is 0 Å². The molecule has 0 bridgehead atoms. The van der Waals surface area contributed by atoms with Gasteiger partial charge in [-0.15, -0.1) is 0 Å². The molecule has 0 aliphatic carbocycles. The SMILES string of the molecule is Cc1cccc(C(C)C)c1NC(=O)c1ccc(N)c(Br)c1. The molecule has 0 unspecified atom stereocenters. The van der Waals surface area contributed by atoms with Crippen LogP contribution in [0.4, 0.5) is 11.4 Å². The molecule has 3 N–H and O–H groups in total. The van der Waals surface area contributed by atoms with Crippen molar-refractivity contribution in [2.75, 3.05) is 11.1 Å². The van der Waals surface area contributed by atoms with Gasteiger partial charge in [0.05, 0.1) is 0 Å². The van der Waals surface area contributed by atoms with E-state index in [0.29, 0.717) is 17.2 Å². The van der Waals surface area contributed by atoms with E-state index in [2.05, 4.69) is 35.1 Å². The average molecular weight is 347 g/mol. The van der Waals surface area contributed by atoms with Gasteiger partial charge in [-0.05, 0) is 58.1 Å². The Bertz CT molecular complexity index is 680. The van der Waals surface area contributed by atoms with Crippen LogP contribution in [0.3, 0.4) is 0 Å². The number of aryl methyl sites for hydroxylation is 1. The third kappa shape index (κ3) is 3.45. The molecule has 2 aromatic rings. The number of amides is 1. The lowest BCUT2D eigenvalue weighted by atomic mass is 9.98. The number of carbonyl (C=O) groups excluding carboxylic acids is 1. The van der Waals surface area contributed by atoms with E-state index in [9.17, 15) is 4.79 Å². The highest BCUT2D eigenvalue weighted by atomic mass is 79.9. The molecule has 21 heavy (non-hydrogen) atoms. The zero-order chi connectivity index (χ0) is 15.6. The van der Waals surface area contributed by atoms with Crippen LogP contribution in [0.1, 0.15) is 41.3 Å². The topological polar surface area (TPSA) is 55.1 Å². The Morgan fingerprint density at radius 2 is 1.95 bits per heavy atom. The molecule has 0 saturated carbocycles. The lowest BCUT2D eigenvalue weighted by molar-refractivity contribution is 0.102. The Morgan fingerprint density at radius 3 is 2.57 bits per heavy atom. The number of hydrogen-bond donors (Lipinski definition) is 2. The second-order valence-corrected chi connectivity index (χ2v) is 6.24. The lowest BCUT2D eigenvalue weighted by Gasteiger charge is -2.16. The number of rotatable bonds is 3. The molecule has 0 atom stereocenters.